The first-order valence-electron chi connectivity index (χ1n) is 16.1. The zero-order valence-corrected chi connectivity index (χ0v) is 28.2. The fourth-order valence-electron chi connectivity index (χ4n) is 6.29. The van der Waals surface area contributed by atoms with E-state index in [-0.39, 0.29) is 24.0 Å². The molecule has 1 atom stereocenters. The van der Waals surface area contributed by atoms with E-state index < -0.39 is 0 Å². The third-order valence-corrected chi connectivity index (χ3v) is 9.21. The van der Waals surface area contributed by atoms with Crippen molar-refractivity contribution in [1.82, 2.24) is 24.8 Å². The van der Waals surface area contributed by atoms with Crippen LogP contribution in [0.3, 0.4) is 0 Å². The van der Waals surface area contributed by atoms with Crippen molar-refractivity contribution in [2.24, 2.45) is 5.41 Å². The summed E-state index contributed by atoms with van der Waals surface area (Å²) in [6, 6.07) is 15.6. The van der Waals surface area contributed by atoms with Crippen molar-refractivity contribution < 1.29 is 9.53 Å². The number of nitrogens with zero attached hydrogens (tertiary/aromatic N) is 6. The average Bonchev–Trinajstić information content (AvgIpc) is 3.04. The van der Waals surface area contributed by atoms with Crippen molar-refractivity contribution in [2.75, 3.05) is 29.3 Å². The summed E-state index contributed by atoms with van der Waals surface area (Å²) in [5, 5.41) is 0. The van der Waals surface area contributed by atoms with Gasteiger partial charge in [-0.05, 0) is 86.2 Å². The lowest BCUT2D eigenvalue weighted by Crippen LogP contribution is -2.45. The van der Waals surface area contributed by atoms with Gasteiger partial charge in [0.25, 0.3) is 5.91 Å². The molecule has 4 heterocycles. The number of anilines is 2. The van der Waals surface area contributed by atoms with Crippen LogP contribution in [-0.2, 0) is 6.54 Å². The van der Waals surface area contributed by atoms with Gasteiger partial charge in [0.05, 0.1) is 36.4 Å². The summed E-state index contributed by atoms with van der Waals surface area (Å²) in [5.41, 5.74) is 5.39. The molecule has 1 fully saturated rings. The molecular formula is C36H43N7O2S. The molecule has 1 amide bonds. The van der Waals surface area contributed by atoms with Crippen LogP contribution in [0.25, 0.3) is 11.3 Å². The zero-order valence-electron chi connectivity index (χ0n) is 27.4. The maximum absolute atomic E-state index is 14.5. The summed E-state index contributed by atoms with van der Waals surface area (Å²) in [7, 11) is 0. The molecule has 1 saturated heterocycles. The van der Waals surface area contributed by atoms with Gasteiger partial charge < -0.3 is 14.5 Å². The number of rotatable bonds is 5. The maximum Gasteiger partial charge on any atom is 0.254 e. The van der Waals surface area contributed by atoms with E-state index in [1.54, 1.807) is 6.20 Å². The number of amides is 1. The van der Waals surface area contributed by atoms with E-state index in [1.165, 1.54) is 18.4 Å². The Morgan fingerprint density at radius 1 is 0.957 bits per heavy atom. The first-order valence-corrected chi connectivity index (χ1v) is 16.9. The van der Waals surface area contributed by atoms with Crippen LogP contribution in [0.2, 0.25) is 0 Å². The predicted molar refractivity (Wildman–Crippen MR) is 184 cm³/mol. The number of piperidine rings is 1. The number of benzene rings is 2. The number of aromatic nitrogens is 4. The van der Waals surface area contributed by atoms with E-state index in [0.29, 0.717) is 30.4 Å². The van der Waals surface area contributed by atoms with Crippen LogP contribution >= 0.6 is 11.9 Å². The van der Waals surface area contributed by atoms with Crippen LogP contribution in [0.15, 0.2) is 65.8 Å². The quantitative estimate of drug-likeness (QED) is 0.223. The van der Waals surface area contributed by atoms with Crippen LogP contribution < -0.4 is 14.4 Å². The Hall–Kier alpha value is -4.18. The number of hydrogen-bond acceptors (Lipinski definition) is 9. The molecule has 0 unspecified atom stereocenters. The Morgan fingerprint density at radius 3 is 2.48 bits per heavy atom. The molecule has 0 saturated carbocycles. The van der Waals surface area contributed by atoms with Crippen LogP contribution in [0.1, 0.15) is 73.6 Å². The lowest BCUT2D eigenvalue weighted by atomic mass is 9.87. The molecule has 240 valence electrons. The molecule has 4 aromatic rings. The van der Waals surface area contributed by atoms with E-state index in [9.17, 15) is 4.79 Å². The second-order valence-electron chi connectivity index (χ2n) is 13.5. The Morgan fingerprint density at radius 2 is 1.72 bits per heavy atom. The van der Waals surface area contributed by atoms with Gasteiger partial charge in [-0.2, -0.15) is 4.98 Å². The number of carbonyl (C=O) groups is 1. The number of nitrogens with one attached hydrogen (secondary N) is 1. The van der Waals surface area contributed by atoms with Gasteiger partial charge in [0.2, 0.25) is 11.8 Å². The number of fused-ring (bicyclic) bond motifs is 4. The molecule has 2 aromatic carbocycles. The van der Waals surface area contributed by atoms with E-state index in [2.05, 4.69) is 67.4 Å². The second-order valence-corrected chi connectivity index (χ2v) is 14.4. The molecule has 2 aromatic heterocycles. The van der Waals surface area contributed by atoms with Gasteiger partial charge in [0.15, 0.2) is 0 Å². The number of aryl methyl sites for hydroxylation is 2. The summed E-state index contributed by atoms with van der Waals surface area (Å²) >= 11 is 1.37. The molecular weight excluding hydrogens is 595 g/mol. The minimum absolute atomic E-state index is 0.0706. The molecule has 0 spiro atoms. The Balaban J connectivity index is 1.41. The van der Waals surface area contributed by atoms with Crippen molar-refractivity contribution in [3.63, 3.8) is 0 Å². The molecule has 0 radical (unpaired) electrons. The Labute approximate surface area is 276 Å². The largest absolute Gasteiger partial charge is 0.475 e. The van der Waals surface area contributed by atoms with Crippen molar-refractivity contribution in [1.29, 1.82) is 0 Å². The van der Waals surface area contributed by atoms with Crippen LogP contribution in [0.4, 0.5) is 11.8 Å². The third-order valence-electron chi connectivity index (χ3n) is 8.44. The van der Waals surface area contributed by atoms with Crippen LogP contribution in [-0.4, -0.2) is 56.5 Å². The Kier molecular flexibility index (Phi) is 9.44. The average molecular weight is 638 g/mol. The maximum atomic E-state index is 14.5. The van der Waals surface area contributed by atoms with Gasteiger partial charge in [-0.3, -0.25) is 14.5 Å². The topological polar surface area (TPSA) is 96.4 Å². The lowest BCUT2D eigenvalue weighted by molar-refractivity contribution is 0.0509. The summed E-state index contributed by atoms with van der Waals surface area (Å²) in [4.78, 5) is 38.7. The molecule has 0 aliphatic carbocycles. The van der Waals surface area contributed by atoms with Gasteiger partial charge >= 0.3 is 0 Å². The smallest absolute Gasteiger partial charge is 0.254 e. The molecule has 10 heteroatoms. The van der Waals surface area contributed by atoms with Gasteiger partial charge in [-0.25, -0.2) is 9.97 Å². The summed E-state index contributed by atoms with van der Waals surface area (Å²) in [6.07, 6.45) is 7.88. The van der Waals surface area contributed by atoms with E-state index in [0.717, 1.165) is 64.7 Å². The molecule has 46 heavy (non-hydrogen) atoms. The molecule has 1 N–H and O–H groups in total. The van der Waals surface area contributed by atoms with Gasteiger partial charge in [-0.15, -0.1) is 0 Å². The fraction of sp³-hybridized carbons (Fsp3) is 0.417. The van der Waals surface area contributed by atoms with Gasteiger partial charge in [0, 0.05) is 35.2 Å². The first-order chi connectivity index (χ1) is 22.1. The summed E-state index contributed by atoms with van der Waals surface area (Å²) < 4.78 is 9.82. The van der Waals surface area contributed by atoms with Crippen molar-refractivity contribution >= 4 is 29.6 Å². The van der Waals surface area contributed by atoms with E-state index >= 15 is 0 Å². The van der Waals surface area contributed by atoms with E-state index in [4.69, 9.17) is 19.7 Å². The number of ether oxygens (including phenoxy) is 1. The molecule has 2 aliphatic rings. The van der Waals surface area contributed by atoms with Crippen LogP contribution in [0.5, 0.6) is 5.88 Å². The predicted octanol–water partition coefficient (Wildman–Crippen LogP) is 7.50. The van der Waals surface area contributed by atoms with Gasteiger partial charge in [-0.1, -0.05) is 45.0 Å². The van der Waals surface area contributed by atoms with Crippen molar-refractivity contribution in [2.45, 2.75) is 77.8 Å². The van der Waals surface area contributed by atoms with Gasteiger partial charge in [0.1, 0.15) is 12.4 Å². The lowest BCUT2D eigenvalue weighted by Gasteiger charge is -2.35. The second kappa shape index (κ2) is 13.7. The standard InChI is InChI=1S/C36H43N7O2S/c1-24-11-9-12-25(2)33(24)30-18-32-40-35(39-30)41-46-29-14-10-13-26(17-29)34(44)43(28(23-45-32)19-36(3,4)5)22-27-20-37-21-31(38-27)42-15-7-6-8-16-42/h9-14,17-18,20-21,28H,6-8,15-16,19,22-23H2,1-5H3,(H,39,40,41)/t28-/m1/s1. The number of hydrogen-bond donors (Lipinski definition) is 1. The SMILES string of the molecule is Cc1cccc(C)c1-c1cc2nc(n1)NSc1cccc(c1)C(=O)N(Cc1cncc(N3CCCCC3)n1)[C@H](CC(C)(C)C)CO2. The Bertz CT molecular complexity index is 1680. The molecule has 9 nitrogen and oxygen atoms in total. The highest BCUT2D eigenvalue weighted by Gasteiger charge is 2.31. The normalized spacial score (nSPS) is 17.3. The highest BCUT2D eigenvalue weighted by atomic mass is 32.2. The third kappa shape index (κ3) is 7.61. The number of carbonyl (C=O) groups excluding carboxylic acids is 1. The molecule has 6 rings (SSSR count). The zero-order chi connectivity index (χ0) is 32.3. The minimum Gasteiger partial charge on any atom is -0.475 e. The monoisotopic (exact) mass is 637 g/mol. The highest BCUT2D eigenvalue weighted by Crippen LogP contribution is 2.32. The molecule has 2 aliphatic heterocycles. The highest BCUT2D eigenvalue weighted by molar-refractivity contribution is 8.00. The van der Waals surface area contributed by atoms with Crippen molar-refractivity contribution in [3.05, 3.63) is 83.3 Å². The summed E-state index contributed by atoms with van der Waals surface area (Å²) in [6.45, 7) is 13.3. The minimum atomic E-state index is -0.264. The first kappa shape index (κ1) is 31.8. The van der Waals surface area contributed by atoms with Crippen molar-refractivity contribution in [3.8, 4) is 17.1 Å². The fourth-order valence-corrected chi connectivity index (χ4v) is 6.92. The molecule has 4 bridgehead atoms. The van der Waals surface area contributed by atoms with Crippen LogP contribution in [0, 0.1) is 19.3 Å². The summed E-state index contributed by atoms with van der Waals surface area (Å²) in [5.74, 6) is 1.71. The van der Waals surface area contributed by atoms with E-state index in [1.807, 2.05) is 41.4 Å².